The van der Waals surface area contributed by atoms with Crippen molar-refractivity contribution < 1.29 is 13.2 Å². The fraction of sp³-hybridized carbons (Fsp3) is 0.923. The molecule has 0 saturated carbocycles. The molecule has 1 fully saturated rings. The van der Waals surface area contributed by atoms with Gasteiger partial charge in [0.15, 0.2) is 0 Å². The third-order valence-electron chi connectivity index (χ3n) is 4.56. The average Bonchev–Trinajstić information content (AvgIpc) is 2.88. The van der Waals surface area contributed by atoms with Crippen LogP contribution in [0.2, 0.25) is 0 Å². The molecule has 0 radical (unpaired) electrons. The average molecular weight is 305 g/mol. The van der Waals surface area contributed by atoms with Crippen LogP contribution in [-0.4, -0.2) is 51.2 Å². The lowest BCUT2D eigenvalue weighted by Crippen LogP contribution is -2.51. The third kappa shape index (κ3) is 3.51. The number of hydrogen-bond donors (Lipinski definition) is 2. The van der Waals surface area contributed by atoms with Crippen molar-refractivity contribution in [3.63, 3.8) is 0 Å². The molecule has 6 nitrogen and oxygen atoms in total. The lowest BCUT2D eigenvalue weighted by molar-refractivity contribution is -0.142. The van der Waals surface area contributed by atoms with E-state index in [1.807, 2.05) is 13.8 Å². The molecule has 0 bridgehead atoms. The van der Waals surface area contributed by atoms with E-state index in [1.54, 1.807) is 4.90 Å². The Morgan fingerprint density at radius 3 is 2.45 bits per heavy atom. The number of nitrogens with two attached hydrogens (primary N) is 1. The number of amides is 1. The highest BCUT2D eigenvalue weighted by Crippen LogP contribution is 2.31. The van der Waals surface area contributed by atoms with Gasteiger partial charge in [-0.3, -0.25) is 4.79 Å². The molecule has 118 valence electrons. The summed E-state index contributed by atoms with van der Waals surface area (Å²) in [5, 5.41) is 0. The quantitative estimate of drug-likeness (QED) is 0.707. The molecule has 20 heavy (non-hydrogen) atoms. The molecule has 3 N–H and O–H groups in total. The van der Waals surface area contributed by atoms with Gasteiger partial charge in [0.1, 0.15) is 0 Å². The van der Waals surface area contributed by atoms with Crippen molar-refractivity contribution in [2.24, 2.45) is 11.1 Å². The van der Waals surface area contributed by atoms with E-state index in [2.05, 4.69) is 4.72 Å². The van der Waals surface area contributed by atoms with Gasteiger partial charge >= 0.3 is 0 Å². The van der Waals surface area contributed by atoms with Crippen LogP contribution < -0.4 is 10.5 Å². The van der Waals surface area contributed by atoms with Gasteiger partial charge in [0.05, 0.1) is 11.2 Å². The highest BCUT2D eigenvalue weighted by Gasteiger charge is 2.41. The van der Waals surface area contributed by atoms with Crippen molar-refractivity contribution in [1.82, 2.24) is 9.62 Å². The summed E-state index contributed by atoms with van der Waals surface area (Å²) in [6.45, 7) is 4.86. The van der Waals surface area contributed by atoms with E-state index in [0.717, 1.165) is 12.8 Å². The first kappa shape index (κ1) is 17.4. The summed E-state index contributed by atoms with van der Waals surface area (Å²) < 4.78 is 25.7. The van der Waals surface area contributed by atoms with Gasteiger partial charge in [0, 0.05) is 19.1 Å². The summed E-state index contributed by atoms with van der Waals surface area (Å²) in [7, 11) is -1.91. The first-order chi connectivity index (χ1) is 9.35. The Hall–Kier alpha value is -0.660. The van der Waals surface area contributed by atoms with Gasteiger partial charge in [-0.1, -0.05) is 13.8 Å². The highest BCUT2D eigenvalue weighted by molar-refractivity contribution is 7.89. The molecule has 1 aliphatic rings. The van der Waals surface area contributed by atoms with Crippen molar-refractivity contribution in [2.75, 3.05) is 25.9 Å². The monoisotopic (exact) mass is 305 g/mol. The van der Waals surface area contributed by atoms with E-state index in [9.17, 15) is 13.2 Å². The number of nitrogens with zero attached hydrogens (tertiary/aromatic N) is 1. The predicted octanol–water partition coefficient (Wildman–Crippen LogP) is 0.292. The molecule has 1 saturated heterocycles. The number of sulfonamides is 1. The molecule has 1 rings (SSSR count). The fourth-order valence-corrected chi connectivity index (χ4v) is 3.87. The molecular formula is C13H27N3O3S. The molecule has 0 aromatic heterocycles. The van der Waals surface area contributed by atoms with E-state index in [-0.39, 0.29) is 17.7 Å². The molecule has 1 aliphatic heterocycles. The van der Waals surface area contributed by atoms with E-state index < -0.39 is 15.4 Å². The second-order valence-corrected chi connectivity index (χ2v) is 7.44. The Bertz CT molecular complexity index is 424. The molecule has 0 aromatic rings. The molecule has 7 heteroatoms. The van der Waals surface area contributed by atoms with Crippen molar-refractivity contribution in [2.45, 2.75) is 45.6 Å². The maximum Gasteiger partial charge on any atom is 0.230 e. The number of rotatable bonds is 7. The predicted molar refractivity (Wildman–Crippen MR) is 79.7 cm³/mol. The topological polar surface area (TPSA) is 92.5 Å². The Morgan fingerprint density at radius 2 is 2.00 bits per heavy atom. The van der Waals surface area contributed by atoms with Gasteiger partial charge in [-0.2, -0.15) is 0 Å². The molecule has 0 aliphatic carbocycles. The van der Waals surface area contributed by atoms with E-state index in [0.29, 0.717) is 25.9 Å². The van der Waals surface area contributed by atoms with Crippen LogP contribution >= 0.6 is 0 Å². The van der Waals surface area contributed by atoms with Crippen LogP contribution in [0.5, 0.6) is 0 Å². The zero-order valence-corrected chi connectivity index (χ0v) is 13.5. The minimum Gasteiger partial charge on any atom is -0.338 e. The minimum atomic E-state index is -3.31. The first-order valence-electron chi connectivity index (χ1n) is 7.28. The zero-order valence-electron chi connectivity index (χ0n) is 12.7. The van der Waals surface area contributed by atoms with Gasteiger partial charge in [0.2, 0.25) is 15.9 Å². The van der Waals surface area contributed by atoms with Crippen LogP contribution in [0.15, 0.2) is 0 Å². The summed E-state index contributed by atoms with van der Waals surface area (Å²) >= 11 is 0. The number of hydrogen-bond acceptors (Lipinski definition) is 4. The lowest BCUT2D eigenvalue weighted by atomic mass is 9.81. The summed E-state index contributed by atoms with van der Waals surface area (Å²) in [5.74, 6) is -0.0117. The number of nitrogens with one attached hydrogen (secondary N) is 1. The van der Waals surface area contributed by atoms with Crippen LogP contribution in [-0.2, 0) is 14.8 Å². The Balaban J connectivity index is 2.91. The molecule has 1 heterocycles. The van der Waals surface area contributed by atoms with Gasteiger partial charge < -0.3 is 10.6 Å². The maximum atomic E-state index is 12.8. The van der Waals surface area contributed by atoms with Crippen LogP contribution in [0.25, 0.3) is 0 Å². The summed E-state index contributed by atoms with van der Waals surface area (Å²) in [6.07, 6.45) is 2.95. The lowest BCUT2D eigenvalue weighted by Gasteiger charge is -2.36. The number of carbonyl (C=O) groups excluding carboxylic acids is 1. The summed E-state index contributed by atoms with van der Waals surface area (Å²) in [5.41, 5.74) is 5.27. The highest BCUT2D eigenvalue weighted by atomic mass is 32.2. The fourth-order valence-electron chi connectivity index (χ4n) is 2.85. The third-order valence-corrected chi connectivity index (χ3v) is 6.00. The molecule has 0 aromatic carbocycles. The summed E-state index contributed by atoms with van der Waals surface area (Å²) in [6, 6.07) is -0.232. The molecule has 0 spiro atoms. The smallest absolute Gasteiger partial charge is 0.230 e. The van der Waals surface area contributed by atoms with Crippen molar-refractivity contribution in [3.05, 3.63) is 0 Å². The number of carbonyl (C=O) groups is 1. The molecule has 1 unspecified atom stereocenters. The second-order valence-electron chi connectivity index (χ2n) is 5.47. The molecular weight excluding hydrogens is 278 g/mol. The second kappa shape index (κ2) is 6.87. The van der Waals surface area contributed by atoms with E-state index >= 15 is 0 Å². The van der Waals surface area contributed by atoms with Crippen LogP contribution in [0.4, 0.5) is 0 Å². The largest absolute Gasteiger partial charge is 0.338 e. The Kier molecular flexibility index (Phi) is 5.97. The minimum absolute atomic E-state index is 0.0128. The van der Waals surface area contributed by atoms with Crippen LogP contribution in [0, 0.1) is 5.41 Å². The van der Waals surface area contributed by atoms with Gasteiger partial charge in [-0.15, -0.1) is 0 Å². The van der Waals surface area contributed by atoms with Crippen molar-refractivity contribution in [3.8, 4) is 0 Å². The molecule has 1 amide bonds. The zero-order chi connectivity index (χ0) is 15.4. The van der Waals surface area contributed by atoms with Crippen LogP contribution in [0.3, 0.4) is 0 Å². The Labute approximate surface area is 122 Å². The van der Waals surface area contributed by atoms with Crippen molar-refractivity contribution in [1.29, 1.82) is 0 Å². The first-order valence-corrected chi connectivity index (χ1v) is 8.93. The maximum absolute atomic E-state index is 12.8. The normalized spacial score (nSPS) is 20.4. The standard InChI is InChI=1S/C13H27N3O3S/c1-4-13(5-2,10-14)12(17)16-8-6-7-11(16)9-20(18,19)15-3/h11,15H,4-10,14H2,1-3H3. The summed E-state index contributed by atoms with van der Waals surface area (Å²) in [4.78, 5) is 14.5. The van der Waals surface area contributed by atoms with E-state index in [1.165, 1.54) is 7.05 Å². The van der Waals surface area contributed by atoms with Crippen LogP contribution in [0.1, 0.15) is 39.5 Å². The Morgan fingerprint density at radius 1 is 1.40 bits per heavy atom. The number of likely N-dealkylation sites (tertiary alicyclic amines) is 1. The van der Waals surface area contributed by atoms with E-state index in [4.69, 9.17) is 5.73 Å². The van der Waals surface area contributed by atoms with Gasteiger partial charge in [-0.05, 0) is 32.7 Å². The molecule has 1 atom stereocenters. The van der Waals surface area contributed by atoms with Gasteiger partial charge in [0.25, 0.3) is 0 Å². The van der Waals surface area contributed by atoms with Crippen molar-refractivity contribution >= 4 is 15.9 Å². The SMILES string of the molecule is CCC(CC)(CN)C(=O)N1CCCC1CS(=O)(=O)NC. The van der Waals surface area contributed by atoms with Gasteiger partial charge in [-0.25, -0.2) is 13.1 Å².